The largest absolute Gasteiger partial charge is 0.366 e. The van der Waals surface area contributed by atoms with Gasteiger partial charge in [0.05, 0.1) is 4.90 Å². The summed E-state index contributed by atoms with van der Waals surface area (Å²) in [4.78, 5) is 11.2. The number of carbonyl (C=O) groups is 1. The first kappa shape index (κ1) is 15.7. The fourth-order valence-corrected chi connectivity index (χ4v) is 3.42. The molecule has 0 bridgehead atoms. The van der Waals surface area contributed by atoms with E-state index in [1.54, 1.807) is 0 Å². The van der Waals surface area contributed by atoms with Crippen molar-refractivity contribution in [1.82, 2.24) is 4.31 Å². The number of amides is 1. The molecule has 106 valence electrons. The molecule has 0 saturated carbocycles. The van der Waals surface area contributed by atoms with Crippen molar-refractivity contribution in [3.8, 4) is 0 Å². The van der Waals surface area contributed by atoms with Crippen LogP contribution < -0.4 is 5.73 Å². The summed E-state index contributed by atoms with van der Waals surface area (Å²) in [6, 6.07) is 5.72. The van der Waals surface area contributed by atoms with Gasteiger partial charge in [-0.2, -0.15) is 4.31 Å². The van der Waals surface area contributed by atoms with E-state index < -0.39 is 15.9 Å². The second-order valence-corrected chi connectivity index (χ2v) is 6.23. The van der Waals surface area contributed by atoms with Crippen LogP contribution in [0, 0.1) is 0 Å². The molecule has 0 heterocycles. The minimum absolute atomic E-state index is 0.194. The van der Waals surface area contributed by atoms with Crippen LogP contribution in [0.4, 0.5) is 0 Å². The predicted octanol–water partition coefficient (Wildman–Crippen LogP) is 1.60. The van der Waals surface area contributed by atoms with E-state index in [1.165, 1.54) is 28.6 Å². The van der Waals surface area contributed by atoms with Crippen molar-refractivity contribution in [2.24, 2.45) is 5.73 Å². The van der Waals surface area contributed by atoms with E-state index in [-0.39, 0.29) is 4.90 Å². The molecular weight excluding hydrogens is 264 g/mol. The zero-order valence-electron chi connectivity index (χ0n) is 11.3. The van der Waals surface area contributed by atoms with Gasteiger partial charge >= 0.3 is 0 Å². The van der Waals surface area contributed by atoms with Gasteiger partial charge in [0.25, 0.3) is 0 Å². The molecule has 0 spiro atoms. The molecule has 6 heteroatoms. The summed E-state index contributed by atoms with van der Waals surface area (Å²) < 4.78 is 26.3. The Morgan fingerprint density at radius 1 is 1.11 bits per heavy atom. The van der Waals surface area contributed by atoms with Gasteiger partial charge in [-0.25, -0.2) is 8.42 Å². The summed E-state index contributed by atoms with van der Waals surface area (Å²) in [6.07, 6.45) is 1.52. The third kappa shape index (κ3) is 3.78. The molecule has 0 aliphatic rings. The summed E-state index contributed by atoms with van der Waals surface area (Å²) in [5, 5.41) is 0. The molecule has 0 aromatic heterocycles. The fourth-order valence-electron chi connectivity index (χ4n) is 1.79. The number of carbonyl (C=O) groups excluding carboxylic acids is 1. The van der Waals surface area contributed by atoms with Crippen molar-refractivity contribution >= 4 is 15.9 Å². The lowest BCUT2D eigenvalue weighted by Crippen LogP contribution is -2.32. The first-order chi connectivity index (χ1) is 8.93. The molecule has 1 amide bonds. The number of nitrogens with two attached hydrogens (primary N) is 1. The van der Waals surface area contributed by atoms with E-state index >= 15 is 0 Å². The Morgan fingerprint density at radius 3 is 1.95 bits per heavy atom. The first-order valence-corrected chi connectivity index (χ1v) is 7.77. The number of primary amides is 1. The highest BCUT2D eigenvalue weighted by Crippen LogP contribution is 2.17. The molecule has 0 saturated heterocycles. The summed E-state index contributed by atoms with van der Waals surface area (Å²) in [5.41, 5.74) is 5.43. The smallest absolute Gasteiger partial charge is 0.248 e. The van der Waals surface area contributed by atoms with Crippen LogP contribution in [0.25, 0.3) is 0 Å². The summed E-state index contributed by atoms with van der Waals surface area (Å²) in [5.74, 6) is -0.567. The number of rotatable bonds is 7. The van der Waals surface area contributed by atoms with E-state index in [1.807, 2.05) is 13.8 Å². The molecular formula is C13H20N2O3S. The second kappa shape index (κ2) is 6.68. The average molecular weight is 284 g/mol. The number of sulfonamides is 1. The third-order valence-electron chi connectivity index (χ3n) is 2.72. The third-order valence-corrected chi connectivity index (χ3v) is 4.64. The van der Waals surface area contributed by atoms with Gasteiger partial charge in [-0.15, -0.1) is 0 Å². The number of hydrogen-bond donors (Lipinski definition) is 1. The van der Waals surface area contributed by atoms with E-state index in [2.05, 4.69) is 0 Å². The molecule has 0 atom stereocenters. The zero-order chi connectivity index (χ0) is 14.5. The first-order valence-electron chi connectivity index (χ1n) is 6.33. The average Bonchev–Trinajstić information content (AvgIpc) is 2.38. The van der Waals surface area contributed by atoms with Crippen LogP contribution in [0.1, 0.15) is 37.0 Å². The highest BCUT2D eigenvalue weighted by Gasteiger charge is 2.22. The van der Waals surface area contributed by atoms with Gasteiger partial charge in [-0.1, -0.05) is 13.8 Å². The zero-order valence-corrected chi connectivity index (χ0v) is 12.1. The Bertz CT molecular complexity index is 517. The van der Waals surface area contributed by atoms with Crippen LogP contribution >= 0.6 is 0 Å². The fraction of sp³-hybridized carbons (Fsp3) is 0.462. The minimum Gasteiger partial charge on any atom is -0.366 e. The van der Waals surface area contributed by atoms with Gasteiger partial charge < -0.3 is 5.73 Å². The summed E-state index contributed by atoms with van der Waals surface area (Å²) in [7, 11) is -3.49. The maximum Gasteiger partial charge on any atom is 0.248 e. The maximum atomic E-state index is 12.4. The normalized spacial score (nSPS) is 11.7. The molecule has 0 aliphatic heterocycles. The number of hydrogen-bond acceptors (Lipinski definition) is 3. The molecule has 0 fully saturated rings. The summed E-state index contributed by atoms with van der Waals surface area (Å²) >= 11 is 0. The SMILES string of the molecule is CCCN(CCC)S(=O)(=O)c1ccc(C(N)=O)cc1. The van der Waals surface area contributed by atoms with Gasteiger partial charge in [0.2, 0.25) is 15.9 Å². The lowest BCUT2D eigenvalue weighted by atomic mass is 10.2. The number of nitrogens with zero attached hydrogens (tertiary/aromatic N) is 1. The van der Waals surface area contributed by atoms with Gasteiger partial charge in [-0.3, -0.25) is 4.79 Å². The molecule has 0 unspecified atom stereocenters. The molecule has 2 N–H and O–H groups in total. The van der Waals surface area contributed by atoms with E-state index in [4.69, 9.17) is 5.73 Å². The summed E-state index contributed by atoms with van der Waals surface area (Å²) in [6.45, 7) is 4.87. The lowest BCUT2D eigenvalue weighted by Gasteiger charge is -2.21. The Kier molecular flexibility index (Phi) is 5.50. The van der Waals surface area contributed by atoms with Crippen molar-refractivity contribution in [2.45, 2.75) is 31.6 Å². The van der Waals surface area contributed by atoms with Crippen LogP contribution in [-0.2, 0) is 10.0 Å². The van der Waals surface area contributed by atoms with Gasteiger partial charge in [0.1, 0.15) is 0 Å². The van der Waals surface area contributed by atoms with E-state index in [0.717, 1.165) is 12.8 Å². The Labute approximate surface area is 114 Å². The minimum atomic E-state index is -3.49. The van der Waals surface area contributed by atoms with Gasteiger partial charge in [0.15, 0.2) is 0 Å². The maximum absolute atomic E-state index is 12.4. The molecule has 0 aliphatic carbocycles. The highest BCUT2D eigenvalue weighted by atomic mass is 32.2. The van der Waals surface area contributed by atoms with Crippen LogP contribution in [0.3, 0.4) is 0 Å². The lowest BCUT2D eigenvalue weighted by molar-refractivity contribution is 0.1000. The highest BCUT2D eigenvalue weighted by molar-refractivity contribution is 7.89. The van der Waals surface area contributed by atoms with Crippen molar-refractivity contribution < 1.29 is 13.2 Å². The van der Waals surface area contributed by atoms with E-state index in [0.29, 0.717) is 18.7 Å². The second-order valence-electron chi connectivity index (χ2n) is 4.29. The molecule has 1 aromatic rings. The molecule has 1 rings (SSSR count). The quantitative estimate of drug-likeness (QED) is 0.825. The van der Waals surface area contributed by atoms with Gasteiger partial charge in [-0.05, 0) is 37.1 Å². The van der Waals surface area contributed by atoms with Crippen LogP contribution in [0.15, 0.2) is 29.2 Å². The van der Waals surface area contributed by atoms with Crippen molar-refractivity contribution in [1.29, 1.82) is 0 Å². The van der Waals surface area contributed by atoms with Gasteiger partial charge in [0, 0.05) is 18.7 Å². The predicted molar refractivity (Wildman–Crippen MR) is 74.3 cm³/mol. The molecule has 19 heavy (non-hydrogen) atoms. The number of benzene rings is 1. The molecule has 5 nitrogen and oxygen atoms in total. The Balaban J connectivity index is 3.07. The Morgan fingerprint density at radius 2 is 1.58 bits per heavy atom. The topological polar surface area (TPSA) is 80.5 Å². The van der Waals surface area contributed by atoms with Crippen molar-refractivity contribution in [3.63, 3.8) is 0 Å². The van der Waals surface area contributed by atoms with Crippen LogP contribution in [0.2, 0.25) is 0 Å². The Hall–Kier alpha value is -1.40. The molecule has 0 radical (unpaired) electrons. The van der Waals surface area contributed by atoms with Crippen LogP contribution in [0.5, 0.6) is 0 Å². The van der Waals surface area contributed by atoms with Crippen molar-refractivity contribution in [3.05, 3.63) is 29.8 Å². The van der Waals surface area contributed by atoms with Crippen molar-refractivity contribution in [2.75, 3.05) is 13.1 Å². The van der Waals surface area contributed by atoms with Crippen LogP contribution in [-0.4, -0.2) is 31.7 Å². The monoisotopic (exact) mass is 284 g/mol. The standard InChI is InChI=1S/C13H20N2O3S/c1-3-9-15(10-4-2)19(17,18)12-7-5-11(6-8-12)13(14)16/h5-8H,3-4,9-10H2,1-2H3,(H2,14,16). The van der Waals surface area contributed by atoms with E-state index in [9.17, 15) is 13.2 Å². The molecule has 1 aromatic carbocycles.